The smallest absolute Gasteiger partial charge is 0.316 e. The van der Waals surface area contributed by atoms with E-state index in [0.29, 0.717) is 17.9 Å². The van der Waals surface area contributed by atoms with Crippen molar-refractivity contribution in [1.29, 1.82) is 0 Å². The third kappa shape index (κ3) is 2.71. The average Bonchev–Trinajstić information content (AvgIpc) is 2.45. The summed E-state index contributed by atoms with van der Waals surface area (Å²) in [5.41, 5.74) is 1.41. The molecule has 4 nitrogen and oxygen atoms in total. The molecule has 1 aliphatic heterocycles. The predicted octanol–water partition coefficient (Wildman–Crippen LogP) is 2.79. The third-order valence-corrected chi connectivity index (χ3v) is 5.17. The van der Waals surface area contributed by atoms with Crippen LogP contribution in [0.2, 0.25) is 0 Å². The Balaban J connectivity index is 1.73. The van der Waals surface area contributed by atoms with Gasteiger partial charge in [0.05, 0.1) is 13.2 Å². The Bertz CT molecular complexity index is 737. The first-order chi connectivity index (χ1) is 10.5. The lowest BCUT2D eigenvalue weighted by Gasteiger charge is -2.37. The van der Waals surface area contributed by atoms with Crippen molar-refractivity contribution in [3.63, 3.8) is 0 Å². The number of rotatable bonds is 5. The molecule has 0 spiro atoms. The molecule has 0 saturated carbocycles. The van der Waals surface area contributed by atoms with Gasteiger partial charge < -0.3 is 9.47 Å². The predicted molar refractivity (Wildman–Crippen MR) is 79.7 cm³/mol. The van der Waals surface area contributed by atoms with Crippen molar-refractivity contribution in [3.8, 4) is 5.75 Å². The molecule has 0 unspecified atom stereocenters. The fraction of sp³-hybridized carbons (Fsp3) is 0.250. The standard InChI is InChI=1S/C16H15FO4S/c17-22(18,19)16(11-20-12-16)14-6-8-15(9-7-14)21-10-13-4-2-1-3-5-13/h1-9H,10-12H2. The van der Waals surface area contributed by atoms with Gasteiger partial charge in [0.15, 0.2) is 4.75 Å². The Kier molecular flexibility index (Phi) is 3.88. The zero-order valence-corrected chi connectivity index (χ0v) is 12.6. The summed E-state index contributed by atoms with van der Waals surface area (Å²) in [6.07, 6.45) is 0. The molecule has 0 aliphatic carbocycles. The van der Waals surface area contributed by atoms with Crippen molar-refractivity contribution in [2.24, 2.45) is 0 Å². The fourth-order valence-electron chi connectivity index (χ4n) is 2.33. The molecule has 1 heterocycles. The summed E-state index contributed by atoms with van der Waals surface area (Å²) in [6.45, 7) is 0.0992. The lowest BCUT2D eigenvalue weighted by Crippen LogP contribution is -2.51. The first-order valence-corrected chi connectivity index (χ1v) is 8.19. The van der Waals surface area contributed by atoms with Crippen LogP contribution < -0.4 is 4.74 Å². The highest BCUT2D eigenvalue weighted by molar-refractivity contribution is 7.87. The van der Waals surface area contributed by atoms with E-state index in [1.807, 2.05) is 30.3 Å². The van der Waals surface area contributed by atoms with Gasteiger partial charge in [-0.2, -0.15) is 8.42 Å². The largest absolute Gasteiger partial charge is 0.489 e. The highest BCUT2D eigenvalue weighted by Crippen LogP contribution is 2.39. The third-order valence-electron chi connectivity index (χ3n) is 3.77. The van der Waals surface area contributed by atoms with Crippen LogP contribution in [-0.4, -0.2) is 21.6 Å². The Morgan fingerprint density at radius 1 is 1.05 bits per heavy atom. The van der Waals surface area contributed by atoms with Gasteiger partial charge in [-0.05, 0) is 23.3 Å². The molecule has 6 heteroatoms. The number of ether oxygens (including phenoxy) is 2. The number of hydrogen-bond acceptors (Lipinski definition) is 4. The summed E-state index contributed by atoms with van der Waals surface area (Å²) in [7, 11) is -4.71. The molecule has 0 atom stereocenters. The molecule has 22 heavy (non-hydrogen) atoms. The Hall–Kier alpha value is -1.92. The molecular formula is C16H15FO4S. The molecule has 2 aromatic rings. The van der Waals surface area contributed by atoms with Crippen LogP contribution in [0, 0.1) is 0 Å². The maximum Gasteiger partial charge on any atom is 0.316 e. The van der Waals surface area contributed by atoms with Crippen LogP contribution in [0.25, 0.3) is 0 Å². The highest BCUT2D eigenvalue weighted by atomic mass is 32.3. The molecule has 1 aliphatic rings. The molecular weight excluding hydrogens is 307 g/mol. The Labute approximate surface area is 128 Å². The van der Waals surface area contributed by atoms with Crippen LogP contribution in [0.5, 0.6) is 5.75 Å². The summed E-state index contributed by atoms with van der Waals surface area (Å²) >= 11 is 0. The highest BCUT2D eigenvalue weighted by Gasteiger charge is 2.52. The lowest BCUT2D eigenvalue weighted by atomic mass is 9.96. The summed E-state index contributed by atoms with van der Waals surface area (Å²) in [5.74, 6) is 0.597. The summed E-state index contributed by atoms with van der Waals surface area (Å²) in [6, 6.07) is 16.1. The minimum absolute atomic E-state index is 0.157. The van der Waals surface area contributed by atoms with E-state index >= 15 is 0 Å². The zero-order valence-electron chi connectivity index (χ0n) is 11.7. The van der Waals surface area contributed by atoms with Crippen LogP contribution >= 0.6 is 0 Å². The monoisotopic (exact) mass is 322 g/mol. The maximum absolute atomic E-state index is 13.5. The van der Waals surface area contributed by atoms with Gasteiger partial charge in [-0.3, -0.25) is 0 Å². The van der Waals surface area contributed by atoms with E-state index in [2.05, 4.69) is 0 Å². The van der Waals surface area contributed by atoms with Gasteiger partial charge in [-0.25, -0.2) is 0 Å². The van der Waals surface area contributed by atoms with Gasteiger partial charge in [0.1, 0.15) is 12.4 Å². The van der Waals surface area contributed by atoms with Crippen molar-refractivity contribution >= 4 is 10.2 Å². The summed E-state index contributed by atoms with van der Waals surface area (Å²) < 4.78 is 45.2. The molecule has 2 aromatic carbocycles. The zero-order chi connectivity index (χ0) is 15.6. The second-order valence-corrected chi connectivity index (χ2v) is 6.88. The maximum atomic E-state index is 13.5. The normalized spacial score (nSPS) is 16.8. The van der Waals surface area contributed by atoms with Gasteiger partial charge in [-0.15, -0.1) is 3.89 Å². The number of halogens is 1. The van der Waals surface area contributed by atoms with Crippen LogP contribution in [0.1, 0.15) is 11.1 Å². The second-order valence-electron chi connectivity index (χ2n) is 5.22. The van der Waals surface area contributed by atoms with Gasteiger partial charge in [0, 0.05) is 0 Å². The van der Waals surface area contributed by atoms with Gasteiger partial charge in [0.2, 0.25) is 0 Å². The van der Waals surface area contributed by atoms with E-state index in [-0.39, 0.29) is 13.2 Å². The fourth-order valence-corrected chi connectivity index (χ4v) is 3.20. The van der Waals surface area contributed by atoms with Crippen LogP contribution in [0.15, 0.2) is 54.6 Å². The molecule has 0 radical (unpaired) electrons. The molecule has 1 fully saturated rings. The van der Waals surface area contributed by atoms with E-state index in [1.165, 1.54) is 0 Å². The van der Waals surface area contributed by atoms with E-state index in [4.69, 9.17) is 9.47 Å². The number of hydrogen-bond donors (Lipinski definition) is 0. The molecule has 3 rings (SSSR count). The van der Waals surface area contributed by atoms with Crippen molar-refractivity contribution in [2.75, 3.05) is 13.2 Å². The van der Waals surface area contributed by atoms with Crippen molar-refractivity contribution in [3.05, 3.63) is 65.7 Å². The lowest BCUT2D eigenvalue weighted by molar-refractivity contribution is -0.0180. The minimum atomic E-state index is -4.71. The van der Waals surface area contributed by atoms with Crippen LogP contribution in [0.3, 0.4) is 0 Å². The summed E-state index contributed by atoms with van der Waals surface area (Å²) in [5, 5.41) is 0. The minimum Gasteiger partial charge on any atom is -0.489 e. The van der Waals surface area contributed by atoms with Crippen molar-refractivity contribution < 1.29 is 21.8 Å². The Morgan fingerprint density at radius 3 is 2.18 bits per heavy atom. The molecule has 0 aromatic heterocycles. The summed E-state index contributed by atoms with van der Waals surface area (Å²) in [4.78, 5) is 0. The van der Waals surface area contributed by atoms with Crippen molar-refractivity contribution in [1.82, 2.24) is 0 Å². The van der Waals surface area contributed by atoms with Gasteiger partial charge >= 0.3 is 10.2 Å². The van der Waals surface area contributed by atoms with Gasteiger partial charge in [-0.1, -0.05) is 42.5 Å². The quantitative estimate of drug-likeness (QED) is 0.794. The first-order valence-electron chi connectivity index (χ1n) is 6.80. The number of benzene rings is 2. The topological polar surface area (TPSA) is 52.6 Å². The molecule has 0 bridgehead atoms. The average molecular weight is 322 g/mol. The molecule has 0 amide bonds. The second kappa shape index (κ2) is 5.70. The SMILES string of the molecule is O=S(=O)(F)C1(c2ccc(OCc3ccccc3)cc2)COC1. The van der Waals surface area contributed by atoms with Crippen LogP contribution in [-0.2, 0) is 26.3 Å². The van der Waals surface area contributed by atoms with Gasteiger partial charge in [0.25, 0.3) is 0 Å². The molecule has 116 valence electrons. The van der Waals surface area contributed by atoms with E-state index < -0.39 is 15.0 Å². The molecule has 1 saturated heterocycles. The van der Waals surface area contributed by atoms with E-state index in [9.17, 15) is 12.3 Å². The first kappa shape index (κ1) is 15.0. The van der Waals surface area contributed by atoms with E-state index in [1.54, 1.807) is 24.3 Å². The Morgan fingerprint density at radius 2 is 1.68 bits per heavy atom. The van der Waals surface area contributed by atoms with Crippen molar-refractivity contribution in [2.45, 2.75) is 11.4 Å². The van der Waals surface area contributed by atoms with Crippen LogP contribution in [0.4, 0.5) is 3.89 Å². The van der Waals surface area contributed by atoms with E-state index in [0.717, 1.165) is 5.56 Å². The molecule has 0 N–H and O–H groups in total.